The molecule has 4 rings (SSSR count). The molecule has 0 saturated carbocycles. The Bertz CT molecular complexity index is 1140. The summed E-state index contributed by atoms with van der Waals surface area (Å²) in [6.45, 7) is 8.21. The first-order chi connectivity index (χ1) is 17.0. The van der Waals surface area contributed by atoms with Crippen LogP contribution in [0, 0.1) is 23.4 Å². The Morgan fingerprint density at radius 3 is 2.11 bits per heavy atom. The van der Waals surface area contributed by atoms with Gasteiger partial charge in [-0.05, 0) is 68.9 Å². The molecular formula is C28H34F3N3O2. The topological polar surface area (TPSA) is 52.7 Å². The summed E-state index contributed by atoms with van der Waals surface area (Å²) in [5.41, 5.74) is 1.29. The van der Waals surface area contributed by atoms with Crippen molar-refractivity contribution in [2.45, 2.75) is 51.0 Å². The number of carbonyl (C=O) groups excluding carboxylic acids is 2. The van der Waals surface area contributed by atoms with Crippen LogP contribution in [0.4, 0.5) is 13.2 Å². The molecule has 1 unspecified atom stereocenters. The zero-order valence-electron chi connectivity index (χ0n) is 21.3. The lowest BCUT2D eigenvalue weighted by molar-refractivity contribution is -0.136. The van der Waals surface area contributed by atoms with E-state index < -0.39 is 23.4 Å². The smallest absolute Gasteiger partial charge is 0.251 e. The zero-order chi connectivity index (χ0) is 26.2. The van der Waals surface area contributed by atoms with E-state index in [1.165, 1.54) is 31.3 Å². The Morgan fingerprint density at radius 2 is 1.53 bits per heavy atom. The van der Waals surface area contributed by atoms with Gasteiger partial charge >= 0.3 is 0 Å². The van der Waals surface area contributed by atoms with Gasteiger partial charge < -0.3 is 10.2 Å². The lowest BCUT2D eigenvalue weighted by Gasteiger charge is -2.35. The van der Waals surface area contributed by atoms with Crippen molar-refractivity contribution in [3.63, 3.8) is 0 Å². The van der Waals surface area contributed by atoms with Gasteiger partial charge in [-0.25, -0.2) is 13.2 Å². The Hall–Kier alpha value is -2.87. The highest BCUT2D eigenvalue weighted by Crippen LogP contribution is 2.39. The first kappa shape index (κ1) is 26.2. The number of hydrogen-bond donors (Lipinski definition) is 1. The second kappa shape index (κ2) is 10.2. The molecule has 2 saturated heterocycles. The number of rotatable bonds is 4. The third kappa shape index (κ3) is 5.28. The predicted molar refractivity (Wildman–Crippen MR) is 132 cm³/mol. The SMILES string of the molecule is CNC(=O)c1cc(F)ccc1C1CCN(C(=O)[C@@H]2CN(C(C)(C)C)CC2c2ccc(F)cc2F)CC1. The van der Waals surface area contributed by atoms with Crippen molar-refractivity contribution in [3.8, 4) is 0 Å². The standard InChI is InChI=1S/C28H34F3N3O2/c1-28(2,3)34-15-23(21-8-6-19(30)14-25(21)31)24(16-34)27(36)33-11-9-17(10-12-33)20-7-5-18(29)13-22(20)26(35)32-4/h5-8,13-14,17,23-24H,9-12,15-16H2,1-4H3,(H,32,35)/t23?,24-/m1/s1. The van der Waals surface area contributed by atoms with Gasteiger partial charge in [-0.1, -0.05) is 12.1 Å². The highest BCUT2D eigenvalue weighted by atomic mass is 19.1. The van der Waals surface area contributed by atoms with Crippen LogP contribution in [0.3, 0.4) is 0 Å². The fourth-order valence-electron chi connectivity index (χ4n) is 5.58. The molecule has 2 amide bonds. The average molecular weight is 502 g/mol. The first-order valence-electron chi connectivity index (χ1n) is 12.5. The number of likely N-dealkylation sites (tertiary alicyclic amines) is 2. The fraction of sp³-hybridized carbons (Fsp3) is 0.500. The van der Waals surface area contributed by atoms with E-state index in [9.17, 15) is 22.8 Å². The summed E-state index contributed by atoms with van der Waals surface area (Å²) in [6.07, 6.45) is 1.29. The first-order valence-corrected chi connectivity index (χ1v) is 12.5. The van der Waals surface area contributed by atoms with Gasteiger partial charge in [0.2, 0.25) is 5.91 Å². The Kier molecular flexibility index (Phi) is 7.46. The van der Waals surface area contributed by atoms with Gasteiger partial charge in [-0.3, -0.25) is 14.5 Å². The molecule has 194 valence electrons. The van der Waals surface area contributed by atoms with Crippen LogP contribution in [0.5, 0.6) is 0 Å². The van der Waals surface area contributed by atoms with E-state index in [4.69, 9.17) is 0 Å². The molecule has 0 spiro atoms. The van der Waals surface area contributed by atoms with Crippen molar-refractivity contribution in [2.24, 2.45) is 5.92 Å². The van der Waals surface area contributed by atoms with Gasteiger partial charge in [-0.2, -0.15) is 0 Å². The summed E-state index contributed by atoms with van der Waals surface area (Å²) in [7, 11) is 1.52. The maximum atomic E-state index is 14.8. The summed E-state index contributed by atoms with van der Waals surface area (Å²) in [4.78, 5) is 30.0. The molecule has 5 nitrogen and oxygen atoms in total. The maximum Gasteiger partial charge on any atom is 0.251 e. The van der Waals surface area contributed by atoms with Crippen molar-refractivity contribution in [3.05, 3.63) is 70.5 Å². The van der Waals surface area contributed by atoms with Crippen LogP contribution < -0.4 is 5.32 Å². The highest BCUT2D eigenvalue weighted by molar-refractivity contribution is 5.95. The monoisotopic (exact) mass is 501 g/mol. The van der Waals surface area contributed by atoms with Crippen molar-refractivity contribution in [1.82, 2.24) is 15.1 Å². The van der Waals surface area contributed by atoms with Crippen LogP contribution in [0.15, 0.2) is 36.4 Å². The number of piperidine rings is 1. The van der Waals surface area contributed by atoms with Gasteiger partial charge in [0.15, 0.2) is 0 Å². The maximum absolute atomic E-state index is 14.8. The zero-order valence-corrected chi connectivity index (χ0v) is 21.3. The fourth-order valence-corrected chi connectivity index (χ4v) is 5.58. The highest BCUT2D eigenvalue weighted by Gasteiger charge is 2.44. The minimum Gasteiger partial charge on any atom is -0.355 e. The molecule has 0 radical (unpaired) electrons. The molecule has 2 atom stereocenters. The summed E-state index contributed by atoms with van der Waals surface area (Å²) >= 11 is 0. The summed E-state index contributed by atoms with van der Waals surface area (Å²) in [6, 6.07) is 7.87. The van der Waals surface area contributed by atoms with Gasteiger partial charge in [-0.15, -0.1) is 0 Å². The molecule has 2 fully saturated rings. The number of carbonyl (C=O) groups is 2. The van der Waals surface area contributed by atoms with Crippen LogP contribution in [0.25, 0.3) is 0 Å². The second-order valence-corrected chi connectivity index (χ2v) is 10.9. The summed E-state index contributed by atoms with van der Waals surface area (Å²) < 4.78 is 42.1. The number of hydrogen-bond acceptors (Lipinski definition) is 3. The molecule has 2 heterocycles. The third-order valence-electron chi connectivity index (χ3n) is 7.68. The van der Waals surface area contributed by atoms with E-state index in [2.05, 4.69) is 31.0 Å². The lowest BCUT2D eigenvalue weighted by atomic mass is 9.84. The molecule has 36 heavy (non-hydrogen) atoms. The predicted octanol–water partition coefficient (Wildman–Crippen LogP) is 4.68. The van der Waals surface area contributed by atoms with Gasteiger partial charge in [0.1, 0.15) is 17.5 Å². The minimum absolute atomic E-state index is 0.0282. The minimum atomic E-state index is -0.635. The van der Waals surface area contributed by atoms with E-state index in [1.54, 1.807) is 6.07 Å². The molecule has 2 aliphatic rings. The van der Waals surface area contributed by atoms with E-state index in [0.29, 0.717) is 50.1 Å². The Labute approximate surface area is 210 Å². The lowest BCUT2D eigenvalue weighted by Crippen LogP contribution is -2.44. The molecule has 2 aromatic rings. The van der Waals surface area contributed by atoms with E-state index in [-0.39, 0.29) is 29.2 Å². The molecule has 2 aromatic carbocycles. The average Bonchev–Trinajstić information content (AvgIpc) is 3.29. The molecule has 0 aromatic heterocycles. The summed E-state index contributed by atoms with van der Waals surface area (Å²) in [5.74, 6) is -2.86. The van der Waals surface area contributed by atoms with Gasteiger partial charge in [0.05, 0.1) is 5.92 Å². The molecule has 0 aliphatic carbocycles. The number of halogens is 3. The van der Waals surface area contributed by atoms with Gasteiger partial charge in [0, 0.05) is 56.3 Å². The van der Waals surface area contributed by atoms with Crippen LogP contribution >= 0.6 is 0 Å². The van der Waals surface area contributed by atoms with Crippen molar-refractivity contribution >= 4 is 11.8 Å². The Balaban J connectivity index is 1.52. The molecule has 1 N–H and O–H groups in total. The van der Waals surface area contributed by atoms with Crippen molar-refractivity contribution in [1.29, 1.82) is 0 Å². The van der Waals surface area contributed by atoms with E-state index >= 15 is 0 Å². The number of nitrogens with zero attached hydrogens (tertiary/aromatic N) is 2. The number of amides is 2. The van der Waals surface area contributed by atoms with Crippen LogP contribution in [0.1, 0.15) is 66.9 Å². The Morgan fingerprint density at radius 1 is 0.917 bits per heavy atom. The quantitative estimate of drug-likeness (QED) is 0.662. The van der Waals surface area contributed by atoms with Crippen LogP contribution in [-0.4, -0.2) is 60.4 Å². The number of benzene rings is 2. The second-order valence-electron chi connectivity index (χ2n) is 10.9. The summed E-state index contributed by atoms with van der Waals surface area (Å²) in [5, 5.41) is 2.57. The number of nitrogens with one attached hydrogen (secondary N) is 1. The van der Waals surface area contributed by atoms with Crippen LogP contribution in [0.2, 0.25) is 0 Å². The molecule has 0 bridgehead atoms. The normalized spacial score (nSPS) is 21.6. The molecule has 2 aliphatic heterocycles. The van der Waals surface area contributed by atoms with Crippen LogP contribution in [-0.2, 0) is 4.79 Å². The van der Waals surface area contributed by atoms with Crippen molar-refractivity contribution in [2.75, 3.05) is 33.2 Å². The molecule has 8 heteroatoms. The third-order valence-corrected chi connectivity index (χ3v) is 7.68. The van der Waals surface area contributed by atoms with E-state index in [0.717, 1.165) is 11.6 Å². The van der Waals surface area contributed by atoms with Crippen molar-refractivity contribution < 1.29 is 22.8 Å². The molecular weight excluding hydrogens is 467 g/mol. The van der Waals surface area contributed by atoms with Gasteiger partial charge in [0.25, 0.3) is 5.91 Å². The van der Waals surface area contributed by atoms with E-state index in [1.807, 2.05) is 4.90 Å². The largest absolute Gasteiger partial charge is 0.355 e.